The van der Waals surface area contributed by atoms with E-state index < -0.39 is 35.5 Å². The minimum Gasteiger partial charge on any atom is -0.462 e. The van der Waals surface area contributed by atoms with Crippen molar-refractivity contribution in [2.75, 3.05) is 39.6 Å². The van der Waals surface area contributed by atoms with Gasteiger partial charge in [-0.15, -0.1) is 13.2 Å². The van der Waals surface area contributed by atoms with Crippen molar-refractivity contribution in [1.29, 1.82) is 0 Å². The van der Waals surface area contributed by atoms with Crippen LogP contribution in [0.4, 0.5) is 4.79 Å². The van der Waals surface area contributed by atoms with Crippen molar-refractivity contribution in [3.05, 3.63) is 85.0 Å². The lowest BCUT2D eigenvalue weighted by Gasteiger charge is -2.29. The van der Waals surface area contributed by atoms with E-state index in [0.717, 1.165) is 22.3 Å². The second-order valence-corrected chi connectivity index (χ2v) is 12.0. The minimum atomic E-state index is -0.992. The van der Waals surface area contributed by atoms with Gasteiger partial charge in [-0.05, 0) is 55.4 Å². The Morgan fingerprint density at radius 2 is 1.62 bits per heavy atom. The number of allylic oxidation sites excluding steroid dienone is 2. The van der Waals surface area contributed by atoms with E-state index in [4.69, 9.17) is 19.3 Å². The number of ether oxygens (including phenoxy) is 3. The highest BCUT2D eigenvalue weighted by atomic mass is 16.6. The van der Waals surface area contributed by atoms with Crippen LogP contribution < -0.4 is 16.0 Å². The third kappa shape index (κ3) is 11.4. The van der Waals surface area contributed by atoms with E-state index in [0.29, 0.717) is 6.42 Å². The number of esters is 1. The van der Waals surface area contributed by atoms with Crippen LogP contribution in [-0.4, -0.2) is 80.1 Å². The fourth-order valence-electron chi connectivity index (χ4n) is 5.35. The Morgan fingerprint density at radius 1 is 0.957 bits per heavy atom. The van der Waals surface area contributed by atoms with E-state index in [1.165, 1.54) is 0 Å². The number of carbonyl (C=O) groups is 4. The number of fused-ring (bicyclic) bond motifs is 3. The van der Waals surface area contributed by atoms with Crippen LogP contribution in [0.3, 0.4) is 0 Å². The Labute approximate surface area is 276 Å². The molecule has 3 rings (SSSR count). The molecular weight excluding hydrogens is 602 g/mol. The third-order valence-electron chi connectivity index (χ3n) is 7.67. The Morgan fingerprint density at radius 3 is 2.23 bits per heavy atom. The molecule has 254 valence electrons. The molecule has 47 heavy (non-hydrogen) atoms. The molecule has 0 aliphatic heterocycles. The molecule has 0 spiro atoms. The number of hydrogen-bond acceptors (Lipinski definition) is 8. The maximum absolute atomic E-state index is 13.1. The van der Waals surface area contributed by atoms with E-state index in [2.05, 4.69) is 41.2 Å². The lowest BCUT2D eigenvalue weighted by molar-refractivity contribution is -0.149. The molecule has 2 atom stereocenters. The number of amides is 3. The number of rotatable bonds is 20. The van der Waals surface area contributed by atoms with Crippen LogP contribution in [0.1, 0.15) is 56.6 Å². The fraction of sp³-hybridized carbons (Fsp3) is 0.444. The summed E-state index contributed by atoms with van der Waals surface area (Å²) in [6.07, 6.45) is 3.36. The van der Waals surface area contributed by atoms with Gasteiger partial charge in [0.1, 0.15) is 19.3 Å². The molecule has 0 radical (unpaired) electrons. The number of benzene rings is 2. The van der Waals surface area contributed by atoms with Crippen molar-refractivity contribution in [2.24, 2.45) is 5.92 Å². The first-order valence-corrected chi connectivity index (χ1v) is 15.9. The van der Waals surface area contributed by atoms with Gasteiger partial charge in [0.25, 0.3) is 0 Å². The van der Waals surface area contributed by atoms with Gasteiger partial charge in [0.15, 0.2) is 0 Å². The van der Waals surface area contributed by atoms with Crippen LogP contribution in [0.25, 0.3) is 11.1 Å². The van der Waals surface area contributed by atoms with Crippen molar-refractivity contribution in [2.45, 2.75) is 57.0 Å². The van der Waals surface area contributed by atoms with Crippen LogP contribution in [0.2, 0.25) is 0 Å². The first-order valence-electron chi connectivity index (χ1n) is 15.9. The van der Waals surface area contributed by atoms with Crippen LogP contribution >= 0.6 is 0 Å². The number of hydrogen-bond donors (Lipinski definition) is 4. The lowest BCUT2D eigenvalue weighted by atomic mass is 9.97. The number of aliphatic hydroxyl groups excluding tert-OH is 1. The molecule has 2 aromatic carbocycles. The Bertz CT molecular complexity index is 1350. The van der Waals surface area contributed by atoms with Gasteiger partial charge in [-0.25, -0.2) is 9.59 Å². The van der Waals surface area contributed by atoms with Crippen LogP contribution in [0.5, 0.6) is 0 Å². The summed E-state index contributed by atoms with van der Waals surface area (Å²) in [4.78, 5) is 51.5. The normalized spacial score (nSPS) is 13.3. The summed E-state index contributed by atoms with van der Waals surface area (Å²) in [5, 5.41) is 16.9. The monoisotopic (exact) mass is 649 g/mol. The summed E-state index contributed by atoms with van der Waals surface area (Å²) in [6, 6.07) is 15.0. The summed E-state index contributed by atoms with van der Waals surface area (Å²) in [5.41, 5.74) is 3.40. The zero-order chi connectivity index (χ0) is 34.2. The Kier molecular flexibility index (Phi) is 14.6. The zero-order valence-electron chi connectivity index (χ0n) is 27.3. The van der Waals surface area contributed by atoms with Gasteiger partial charge in [-0.2, -0.15) is 0 Å². The number of alkyl carbamates (subject to hydrolysis) is 1. The highest BCUT2D eigenvalue weighted by molar-refractivity contribution is 5.86. The average Bonchev–Trinajstić information content (AvgIpc) is 3.37. The molecule has 0 heterocycles. The average molecular weight is 650 g/mol. The maximum atomic E-state index is 13.1. The van der Waals surface area contributed by atoms with Gasteiger partial charge in [-0.3, -0.25) is 9.59 Å². The quantitative estimate of drug-likeness (QED) is 0.0955. The molecule has 0 aromatic heterocycles. The second kappa shape index (κ2) is 18.6. The zero-order valence-corrected chi connectivity index (χ0v) is 27.3. The first-order chi connectivity index (χ1) is 22.6. The predicted molar refractivity (Wildman–Crippen MR) is 178 cm³/mol. The SMILES string of the molecule is C=CCC[C@H](NC(=O)OCC1c2ccccc2-c2ccccc21)C(=O)OCC(C)(C)NC(=O)[C@@H](CC=C)CC(=O)NCCOCCO. The molecule has 1 aliphatic carbocycles. The van der Waals surface area contributed by atoms with Gasteiger partial charge in [0.2, 0.25) is 11.8 Å². The first kappa shape index (κ1) is 37.0. The second-order valence-electron chi connectivity index (χ2n) is 12.0. The standard InChI is InChI=1S/C36H47N3O8/c1-5-7-17-31(38-35(44)46-23-30-28-15-10-8-13-26(28)27-14-9-11-16-29(27)30)34(43)47-24-36(3,4)39-33(42)25(12-6-2)22-32(41)37-18-20-45-21-19-40/h5-6,8-11,13-16,25,30-31,40H,1-2,7,12,17-24H2,3-4H3,(H,37,41)(H,38,44)(H,39,42)/t25-,31-/m0/s1. The van der Waals surface area contributed by atoms with Crippen LogP contribution in [0, 0.1) is 5.92 Å². The van der Waals surface area contributed by atoms with Crippen molar-refractivity contribution in [3.63, 3.8) is 0 Å². The van der Waals surface area contributed by atoms with Gasteiger partial charge < -0.3 is 35.3 Å². The molecule has 1 aliphatic rings. The molecule has 0 unspecified atom stereocenters. The molecule has 11 nitrogen and oxygen atoms in total. The molecule has 0 saturated carbocycles. The smallest absolute Gasteiger partial charge is 0.407 e. The van der Waals surface area contributed by atoms with Crippen molar-refractivity contribution in [3.8, 4) is 11.1 Å². The third-order valence-corrected chi connectivity index (χ3v) is 7.67. The van der Waals surface area contributed by atoms with Crippen molar-refractivity contribution < 1.29 is 38.5 Å². The van der Waals surface area contributed by atoms with Crippen LogP contribution in [0.15, 0.2) is 73.8 Å². The fourth-order valence-corrected chi connectivity index (χ4v) is 5.35. The molecule has 0 bridgehead atoms. The summed E-state index contributed by atoms with van der Waals surface area (Å²) >= 11 is 0. The van der Waals surface area contributed by atoms with E-state index in [-0.39, 0.29) is 70.7 Å². The highest BCUT2D eigenvalue weighted by Gasteiger charge is 2.32. The van der Waals surface area contributed by atoms with E-state index >= 15 is 0 Å². The molecule has 2 aromatic rings. The summed E-state index contributed by atoms with van der Waals surface area (Å²) in [5.74, 6) is -2.20. The number of aliphatic hydroxyl groups is 1. The summed E-state index contributed by atoms with van der Waals surface area (Å²) in [6.45, 7) is 11.3. The summed E-state index contributed by atoms with van der Waals surface area (Å²) in [7, 11) is 0. The molecule has 4 N–H and O–H groups in total. The number of carbonyl (C=O) groups excluding carboxylic acids is 4. The Balaban J connectivity index is 1.52. The minimum absolute atomic E-state index is 0.0680. The van der Waals surface area contributed by atoms with Gasteiger partial charge in [0.05, 0.1) is 31.3 Å². The molecule has 0 saturated heterocycles. The van der Waals surface area contributed by atoms with Gasteiger partial charge in [0, 0.05) is 18.9 Å². The largest absolute Gasteiger partial charge is 0.462 e. The Hall–Kier alpha value is -4.48. The van der Waals surface area contributed by atoms with Gasteiger partial charge in [-0.1, -0.05) is 60.7 Å². The van der Waals surface area contributed by atoms with Crippen molar-refractivity contribution in [1.82, 2.24) is 16.0 Å². The highest BCUT2D eigenvalue weighted by Crippen LogP contribution is 2.44. The van der Waals surface area contributed by atoms with E-state index in [1.54, 1.807) is 26.0 Å². The van der Waals surface area contributed by atoms with E-state index in [9.17, 15) is 19.2 Å². The van der Waals surface area contributed by atoms with Gasteiger partial charge >= 0.3 is 12.1 Å². The molecule has 0 fully saturated rings. The molecule has 11 heteroatoms. The topological polar surface area (TPSA) is 152 Å². The van der Waals surface area contributed by atoms with Crippen molar-refractivity contribution >= 4 is 23.9 Å². The van der Waals surface area contributed by atoms with E-state index in [1.807, 2.05) is 36.4 Å². The maximum Gasteiger partial charge on any atom is 0.407 e. The molecular formula is C36H47N3O8. The number of nitrogens with one attached hydrogen (secondary N) is 3. The predicted octanol–water partition coefficient (Wildman–Crippen LogP) is 4.01. The molecule has 3 amide bonds. The summed E-state index contributed by atoms with van der Waals surface area (Å²) < 4.78 is 16.3. The lowest BCUT2D eigenvalue weighted by Crippen LogP contribution is -2.51. The van der Waals surface area contributed by atoms with Crippen LogP contribution in [-0.2, 0) is 28.6 Å².